The maximum Gasteiger partial charge on any atom is 0.416 e. The molecule has 1 aromatic rings. The van der Waals surface area contributed by atoms with Crippen LogP contribution in [0.25, 0.3) is 0 Å². The van der Waals surface area contributed by atoms with Crippen molar-refractivity contribution in [1.82, 2.24) is 10.2 Å². The maximum absolute atomic E-state index is 13.4. The second kappa shape index (κ2) is 8.80. The van der Waals surface area contributed by atoms with E-state index in [9.17, 15) is 26.3 Å². The molecule has 1 aliphatic rings. The normalized spacial score (nSPS) is 17.9. The third-order valence-corrected chi connectivity index (χ3v) is 4.33. The molecule has 0 aromatic heterocycles. The number of hydrogen-bond donors (Lipinski definition) is 1. The molecule has 0 bridgehead atoms. The fraction of sp³-hybridized carbons (Fsp3) is 0.647. The van der Waals surface area contributed by atoms with Gasteiger partial charge in [0.25, 0.3) is 0 Å². The van der Waals surface area contributed by atoms with Crippen LogP contribution in [0.1, 0.15) is 43.0 Å². The summed E-state index contributed by atoms with van der Waals surface area (Å²) in [5.74, 6) is 0.0514. The van der Waals surface area contributed by atoms with E-state index in [4.69, 9.17) is 0 Å². The van der Waals surface area contributed by atoms with Crippen LogP contribution in [0, 0.1) is 5.92 Å². The number of piperazine rings is 1. The van der Waals surface area contributed by atoms with E-state index < -0.39 is 29.5 Å². The Kier molecular flexibility index (Phi) is 7.80. The first-order valence-electron chi connectivity index (χ1n) is 8.23. The predicted octanol–water partition coefficient (Wildman–Crippen LogP) is 5.14. The standard InChI is InChI=1S/C17H22F6N2.ClH/c1-11(2)9-15(25-7-5-24-6-8-25)13-10-12(16(18,19)20)3-4-14(13)17(21,22)23;/h3-4,10-11,15,24H,5-9H2,1-2H3;1H/t15-;/m0./s1. The Hall–Kier alpha value is -0.990. The van der Waals surface area contributed by atoms with Crippen LogP contribution in [0.4, 0.5) is 26.3 Å². The van der Waals surface area contributed by atoms with E-state index in [1.54, 1.807) is 0 Å². The van der Waals surface area contributed by atoms with E-state index in [1.807, 2.05) is 18.7 Å². The average molecular weight is 405 g/mol. The van der Waals surface area contributed by atoms with Gasteiger partial charge in [-0.3, -0.25) is 4.90 Å². The first-order valence-corrected chi connectivity index (χ1v) is 8.23. The van der Waals surface area contributed by atoms with Gasteiger partial charge < -0.3 is 5.32 Å². The van der Waals surface area contributed by atoms with E-state index in [1.165, 1.54) is 0 Å². The molecular weight excluding hydrogens is 382 g/mol. The van der Waals surface area contributed by atoms with Crippen molar-refractivity contribution in [3.05, 3.63) is 34.9 Å². The second-order valence-electron chi connectivity index (χ2n) is 6.73. The minimum atomic E-state index is -4.69. The van der Waals surface area contributed by atoms with Crippen molar-refractivity contribution in [3.8, 4) is 0 Å². The van der Waals surface area contributed by atoms with Crippen molar-refractivity contribution >= 4 is 12.4 Å². The maximum atomic E-state index is 13.4. The SMILES string of the molecule is CC(C)C[C@@H](c1cc(C(F)(F)F)ccc1C(F)(F)F)N1CCNCC1.Cl. The molecule has 2 nitrogen and oxygen atoms in total. The molecule has 0 amide bonds. The molecule has 0 unspecified atom stereocenters. The van der Waals surface area contributed by atoms with E-state index >= 15 is 0 Å². The number of nitrogens with one attached hydrogen (secondary N) is 1. The molecule has 1 aromatic carbocycles. The molecule has 1 saturated heterocycles. The third-order valence-electron chi connectivity index (χ3n) is 4.33. The fourth-order valence-electron chi connectivity index (χ4n) is 3.19. The highest BCUT2D eigenvalue weighted by Gasteiger charge is 2.39. The van der Waals surface area contributed by atoms with Crippen molar-refractivity contribution in [2.24, 2.45) is 5.92 Å². The number of rotatable bonds is 4. The van der Waals surface area contributed by atoms with Crippen molar-refractivity contribution in [2.75, 3.05) is 26.2 Å². The number of benzene rings is 1. The molecule has 150 valence electrons. The van der Waals surface area contributed by atoms with Gasteiger partial charge in [-0.25, -0.2) is 0 Å². The van der Waals surface area contributed by atoms with Gasteiger partial charge in [-0.1, -0.05) is 13.8 Å². The molecule has 0 saturated carbocycles. The van der Waals surface area contributed by atoms with Crippen LogP contribution < -0.4 is 5.32 Å². The predicted molar refractivity (Wildman–Crippen MR) is 90.3 cm³/mol. The monoisotopic (exact) mass is 404 g/mol. The lowest BCUT2D eigenvalue weighted by molar-refractivity contribution is -0.142. The molecule has 1 aliphatic heterocycles. The first kappa shape index (κ1) is 23.0. The van der Waals surface area contributed by atoms with Gasteiger partial charge in [0.15, 0.2) is 0 Å². The van der Waals surface area contributed by atoms with E-state index in [2.05, 4.69) is 5.32 Å². The summed E-state index contributed by atoms with van der Waals surface area (Å²) in [5.41, 5.74) is -2.30. The minimum Gasteiger partial charge on any atom is -0.314 e. The van der Waals surface area contributed by atoms with Gasteiger partial charge in [0.1, 0.15) is 0 Å². The molecule has 0 aliphatic carbocycles. The summed E-state index contributed by atoms with van der Waals surface area (Å²) in [6, 6.07) is 1.06. The lowest BCUT2D eigenvalue weighted by atomic mass is 9.90. The van der Waals surface area contributed by atoms with Crippen LogP contribution in [0.2, 0.25) is 0 Å². The smallest absolute Gasteiger partial charge is 0.314 e. The van der Waals surface area contributed by atoms with E-state index in [0.717, 1.165) is 0 Å². The van der Waals surface area contributed by atoms with Crippen LogP contribution in [-0.4, -0.2) is 31.1 Å². The Labute approximate surface area is 155 Å². The van der Waals surface area contributed by atoms with Crippen molar-refractivity contribution in [2.45, 2.75) is 38.7 Å². The highest BCUT2D eigenvalue weighted by Crippen LogP contribution is 2.41. The van der Waals surface area contributed by atoms with Crippen LogP contribution in [0.3, 0.4) is 0 Å². The van der Waals surface area contributed by atoms with Gasteiger partial charge in [-0.2, -0.15) is 26.3 Å². The highest BCUT2D eigenvalue weighted by molar-refractivity contribution is 5.85. The Morgan fingerprint density at radius 1 is 1.00 bits per heavy atom. The number of hydrogen-bond acceptors (Lipinski definition) is 2. The van der Waals surface area contributed by atoms with Crippen LogP contribution >= 0.6 is 12.4 Å². The topological polar surface area (TPSA) is 15.3 Å². The summed E-state index contributed by atoms with van der Waals surface area (Å²) < 4.78 is 79.5. The van der Waals surface area contributed by atoms with Gasteiger partial charge >= 0.3 is 12.4 Å². The molecule has 0 radical (unpaired) electrons. The molecule has 0 spiro atoms. The second-order valence-corrected chi connectivity index (χ2v) is 6.73. The molecule has 9 heteroatoms. The molecule has 1 N–H and O–H groups in total. The Morgan fingerprint density at radius 2 is 1.58 bits per heavy atom. The zero-order valence-electron chi connectivity index (χ0n) is 14.5. The average Bonchev–Trinajstić information content (AvgIpc) is 2.51. The van der Waals surface area contributed by atoms with E-state index in [0.29, 0.717) is 50.8 Å². The molecule has 1 atom stereocenters. The Morgan fingerprint density at radius 3 is 2.04 bits per heavy atom. The van der Waals surface area contributed by atoms with Crippen molar-refractivity contribution in [1.29, 1.82) is 0 Å². The number of alkyl halides is 6. The van der Waals surface area contributed by atoms with Gasteiger partial charge in [-0.15, -0.1) is 12.4 Å². The van der Waals surface area contributed by atoms with Crippen LogP contribution in [0.15, 0.2) is 18.2 Å². The summed E-state index contributed by atoms with van der Waals surface area (Å²) >= 11 is 0. The summed E-state index contributed by atoms with van der Waals surface area (Å²) in [4.78, 5) is 1.85. The van der Waals surface area contributed by atoms with Crippen LogP contribution in [-0.2, 0) is 12.4 Å². The quantitative estimate of drug-likeness (QED) is 0.699. The molecule has 1 fully saturated rings. The zero-order valence-corrected chi connectivity index (χ0v) is 15.4. The summed E-state index contributed by atoms with van der Waals surface area (Å²) in [6.45, 7) is 5.94. The molecule has 2 rings (SSSR count). The van der Waals surface area contributed by atoms with Gasteiger partial charge in [0, 0.05) is 32.2 Å². The first-order chi connectivity index (χ1) is 11.5. The summed E-state index contributed by atoms with van der Waals surface area (Å²) in [5, 5.41) is 3.11. The Bertz CT molecular complexity index is 580. The van der Waals surface area contributed by atoms with Crippen molar-refractivity contribution < 1.29 is 26.3 Å². The van der Waals surface area contributed by atoms with Crippen LogP contribution in [0.5, 0.6) is 0 Å². The largest absolute Gasteiger partial charge is 0.416 e. The molecule has 1 heterocycles. The summed E-state index contributed by atoms with van der Waals surface area (Å²) in [7, 11) is 0. The Balaban J connectivity index is 0.00000338. The summed E-state index contributed by atoms with van der Waals surface area (Å²) in [6.07, 6.45) is -9.00. The zero-order chi connectivity index (χ0) is 18.8. The number of nitrogens with zero attached hydrogens (tertiary/aromatic N) is 1. The van der Waals surface area contributed by atoms with Gasteiger partial charge in [0.2, 0.25) is 0 Å². The number of halogens is 7. The lowest BCUT2D eigenvalue weighted by Crippen LogP contribution is -2.45. The highest BCUT2D eigenvalue weighted by atomic mass is 35.5. The lowest BCUT2D eigenvalue weighted by Gasteiger charge is -2.37. The van der Waals surface area contributed by atoms with Gasteiger partial charge in [0.05, 0.1) is 11.1 Å². The molecular formula is C17H23ClF6N2. The van der Waals surface area contributed by atoms with Crippen molar-refractivity contribution in [3.63, 3.8) is 0 Å². The van der Waals surface area contributed by atoms with Gasteiger partial charge in [-0.05, 0) is 36.1 Å². The van der Waals surface area contributed by atoms with E-state index in [-0.39, 0.29) is 23.9 Å². The fourth-order valence-corrected chi connectivity index (χ4v) is 3.19. The minimum absolute atomic E-state index is 0. The molecule has 26 heavy (non-hydrogen) atoms. The third kappa shape index (κ3) is 5.76.